The zero-order chi connectivity index (χ0) is 32.5. The second-order valence-electron chi connectivity index (χ2n) is 11.4. The van der Waals surface area contributed by atoms with Crippen molar-refractivity contribution >= 4 is 17.9 Å². The number of carbonyl (C=O) groups is 3. The van der Waals surface area contributed by atoms with Crippen LogP contribution in [-0.2, 0) is 41.6 Å². The third kappa shape index (κ3) is 19.2. The van der Waals surface area contributed by atoms with Gasteiger partial charge in [-0.25, -0.2) is 0 Å². The van der Waals surface area contributed by atoms with E-state index in [4.69, 9.17) is 19.3 Å². The number of unbranched alkanes of at least 4 members (excludes halogenated alkanes) is 8. The fourth-order valence-corrected chi connectivity index (χ4v) is 4.36. The lowest BCUT2D eigenvalue weighted by Crippen LogP contribution is -2.09. The smallest absolute Gasteiger partial charge is 0.310 e. The summed E-state index contributed by atoms with van der Waals surface area (Å²) < 4.78 is 15.9. The first-order valence-corrected chi connectivity index (χ1v) is 16.3. The lowest BCUT2D eigenvalue weighted by molar-refractivity contribution is -0.145. The largest absolute Gasteiger partial charge is 0.465 e. The molecule has 0 amide bonds. The van der Waals surface area contributed by atoms with Crippen LogP contribution in [0.4, 0.5) is 0 Å². The summed E-state index contributed by atoms with van der Waals surface area (Å²) in [6, 6.07) is 15.2. The number of carbonyl (C=O) groups excluding carboxylic acids is 3. The quantitative estimate of drug-likeness (QED) is 0.0512. The fraction of sp³-hybridized carbons (Fsp3) is 0.500. The van der Waals surface area contributed by atoms with Crippen molar-refractivity contribution in [3.05, 3.63) is 82.4 Å². The van der Waals surface area contributed by atoms with Gasteiger partial charge in [0.25, 0.3) is 0 Å². The molecule has 0 heterocycles. The summed E-state index contributed by atoms with van der Waals surface area (Å²) in [6.07, 6.45) is 12.3. The highest BCUT2D eigenvalue weighted by Crippen LogP contribution is 2.11. The second kappa shape index (κ2) is 23.5. The zero-order valence-electron chi connectivity index (χ0n) is 27.1. The first kappa shape index (κ1) is 37.3. The van der Waals surface area contributed by atoms with Crippen LogP contribution in [0.25, 0.3) is 0 Å². The molecule has 1 N–H and O–H groups in total. The molecule has 2 aromatic rings. The van der Waals surface area contributed by atoms with E-state index in [0.717, 1.165) is 85.6 Å². The third-order valence-electron chi connectivity index (χ3n) is 7.07. The summed E-state index contributed by atoms with van der Waals surface area (Å²) in [6.45, 7) is 5.15. The molecule has 0 radical (unpaired) electrons. The molecule has 0 saturated heterocycles. The molecule has 45 heavy (non-hydrogen) atoms. The maximum atomic E-state index is 12.2. The average molecular weight is 619 g/mol. The van der Waals surface area contributed by atoms with Crippen LogP contribution in [0.2, 0.25) is 0 Å². The monoisotopic (exact) mass is 618 g/mol. The molecule has 0 bridgehead atoms. The molecule has 2 rings (SSSR count). The molecule has 0 atom stereocenters. The summed E-state index contributed by atoms with van der Waals surface area (Å²) in [5.41, 5.74) is 4.64. The van der Waals surface area contributed by atoms with Crippen molar-refractivity contribution in [2.45, 2.75) is 104 Å². The summed E-state index contributed by atoms with van der Waals surface area (Å²) >= 11 is 0. The number of ether oxygens (including phenoxy) is 3. The van der Waals surface area contributed by atoms with Crippen LogP contribution in [0.15, 0.2) is 60.2 Å². The van der Waals surface area contributed by atoms with E-state index in [-0.39, 0.29) is 37.5 Å². The van der Waals surface area contributed by atoms with Crippen molar-refractivity contribution in [3.63, 3.8) is 0 Å². The van der Waals surface area contributed by atoms with Gasteiger partial charge in [-0.2, -0.15) is 0 Å². The highest BCUT2D eigenvalue weighted by Gasteiger charge is 2.06. The zero-order valence-corrected chi connectivity index (χ0v) is 27.1. The van der Waals surface area contributed by atoms with Gasteiger partial charge in [-0.1, -0.05) is 80.2 Å². The molecule has 7 nitrogen and oxygen atoms in total. The Hall–Kier alpha value is -3.89. The minimum atomic E-state index is -0.226. The second-order valence-corrected chi connectivity index (χ2v) is 11.4. The maximum Gasteiger partial charge on any atom is 0.310 e. The van der Waals surface area contributed by atoms with Crippen LogP contribution in [0, 0.1) is 11.8 Å². The average Bonchev–Trinajstić information content (AvgIpc) is 3.03. The van der Waals surface area contributed by atoms with E-state index in [0.29, 0.717) is 32.5 Å². The number of rotatable bonds is 21. The first-order valence-electron chi connectivity index (χ1n) is 16.3. The Morgan fingerprint density at radius 2 is 1.13 bits per heavy atom. The van der Waals surface area contributed by atoms with Crippen molar-refractivity contribution < 1.29 is 33.7 Å². The molecular weight excluding hydrogens is 568 g/mol. The predicted octanol–water partition coefficient (Wildman–Crippen LogP) is 7.40. The van der Waals surface area contributed by atoms with Gasteiger partial charge < -0.3 is 19.3 Å². The SMILES string of the molecule is CC(C)=CCOC(=O)CCCCCCCCCOC(=O)Cc1ccc(C#Cc2ccc(COC(=O)CCCCCO)cc2)cc1. The van der Waals surface area contributed by atoms with E-state index in [2.05, 4.69) is 11.8 Å². The fourth-order valence-electron chi connectivity index (χ4n) is 4.36. The van der Waals surface area contributed by atoms with Crippen LogP contribution >= 0.6 is 0 Å². The lowest BCUT2D eigenvalue weighted by atomic mass is 10.1. The van der Waals surface area contributed by atoms with Crippen molar-refractivity contribution in [3.8, 4) is 11.8 Å². The van der Waals surface area contributed by atoms with Crippen LogP contribution < -0.4 is 0 Å². The topological polar surface area (TPSA) is 99.1 Å². The molecule has 0 fully saturated rings. The van der Waals surface area contributed by atoms with Crippen molar-refractivity contribution in [2.75, 3.05) is 19.8 Å². The lowest BCUT2D eigenvalue weighted by Gasteiger charge is -2.06. The normalized spacial score (nSPS) is 10.4. The standard InChI is InChI=1S/C38H50O7/c1-31(2)25-28-44-36(40)13-9-6-4-3-5-7-12-27-43-38(42)29-34-21-17-32(18-22-34)15-16-33-19-23-35(24-20-33)30-45-37(41)14-10-8-11-26-39/h17-25,39H,3-14,26-30H2,1-2H3. The van der Waals surface area contributed by atoms with E-state index < -0.39 is 0 Å². The van der Waals surface area contributed by atoms with Crippen LogP contribution in [0.3, 0.4) is 0 Å². The maximum absolute atomic E-state index is 12.2. The number of benzene rings is 2. The predicted molar refractivity (Wildman–Crippen MR) is 176 cm³/mol. The summed E-state index contributed by atoms with van der Waals surface area (Å²) in [7, 11) is 0. The Morgan fingerprint density at radius 3 is 1.71 bits per heavy atom. The van der Waals surface area contributed by atoms with E-state index in [1.807, 2.05) is 68.5 Å². The highest BCUT2D eigenvalue weighted by molar-refractivity contribution is 5.72. The number of hydrogen-bond acceptors (Lipinski definition) is 7. The Kier molecular flexibility index (Phi) is 19.5. The van der Waals surface area contributed by atoms with E-state index in [1.165, 1.54) is 0 Å². The number of aliphatic hydroxyl groups is 1. The summed E-state index contributed by atoms with van der Waals surface area (Å²) in [4.78, 5) is 35.7. The molecule has 244 valence electrons. The Labute approximate surface area is 269 Å². The minimum Gasteiger partial charge on any atom is -0.465 e. The van der Waals surface area contributed by atoms with E-state index in [1.54, 1.807) is 0 Å². The Bertz CT molecular complexity index is 1230. The molecule has 0 unspecified atom stereocenters. The molecule has 0 aliphatic rings. The molecule has 0 aliphatic carbocycles. The van der Waals surface area contributed by atoms with Gasteiger partial charge in [0.1, 0.15) is 13.2 Å². The van der Waals surface area contributed by atoms with E-state index >= 15 is 0 Å². The van der Waals surface area contributed by atoms with Gasteiger partial charge in [0.2, 0.25) is 0 Å². The molecule has 0 saturated carbocycles. The van der Waals surface area contributed by atoms with Gasteiger partial charge >= 0.3 is 17.9 Å². The summed E-state index contributed by atoms with van der Waals surface area (Å²) in [5.74, 6) is 5.70. The number of allylic oxidation sites excluding steroid dienone is 1. The molecule has 0 spiro atoms. The molecule has 0 aliphatic heterocycles. The Balaban J connectivity index is 1.55. The summed E-state index contributed by atoms with van der Waals surface area (Å²) in [5, 5.41) is 8.79. The highest BCUT2D eigenvalue weighted by atomic mass is 16.5. The molecule has 7 heteroatoms. The number of hydrogen-bond donors (Lipinski definition) is 1. The van der Waals surface area contributed by atoms with Gasteiger partial charge in [0, 0.05) is 30.6 Å². The van der Waals surface area contributed by atoms with Gasteiger partial charge in [0.15, 0.2) is 0 Å². The van der Waals surface area contributed by atoms with Crippen molar-refractivity contribution in [2.24, 2.45) is 0 Å². The van der Waals surface area contributed by atoms with Gasteiger partial charge in [-0.3, -0.25) is 14.4 Å². The van der Waals surface area contributed by atoms with Crippen molar-refractivity contribution in [1.29, 1.82) is 0 Å². The van der Waals surface area contributed by atoms with Crippen LogP contribution in [0.1, 0.15) is 113 Å². The number of aliphatic hydroxyl groups excluding tert-OH is 1. The van der Waals surface area contributed by atoms with Crippen molar-refractivity contribution in [1.82, 2.24) is 0 Å². The van der Waals surface area contributed by atoms with Crippen LogP contribution in [0.5, 0.6) is 0 Å². The molecular formula is C38H50O7. The Morgan fingerprint density at radius 1 is 0.622 bits per heavy atom. The molecule has 0 aromatic heterocycles. The van der Waals surface area contributed by atoms with Gasteiger partial charge in [-0.15, -0.1) is 0 Å². The number of esters is 3. The third-order valence-corrected chi connectivity index (χ3v) is 7.07. The molecule has 2 aromatic carbocycles. The minimum absolute atomic E-state index is 0.126. The van der Waals surface area contributed by atoms with Gasteiger partial charge in [-0.05, 0) is 81.0 Å². The van der Waals surface area contributed by atoms with Crippen LogP contribution in [-0.4, -0.2) is 42.8 Å². The first-order chi connectivity index (χ1) is 21.9. The van der Waals surface area contributed by atoms with E-state index in [9.17, 15) is 14.4 Å². The van der Waals surface area contributed by atoms with Gasteiger partial charge in [0.05, 0.1) is 13.0 Å².